The van der Waals surface area contributed by atoms with Crippen molar-refractivity contribution in [3.63, 3.8) is 0 Å². The van der Waals surface area contributed by atoms with Crippen molar-refractivity contribution in [1.82, 2.24) is 16.0 Å². The Morgan fingerprint density at radius 2 is 1.70 bits per heavy atom. The highest BCUT2D eigenvalue weighted by atomic mass is 16.2. The fraction of sp³-hybridized carbons (Fsp3) is 0.867. The van der Waals surface area contributed by atoms with E-state index in [1.54, 1.807) is 0 Å². The normalized spacial score (nSPS) is 32.8. The first-order valence-electron chi connectivity index (χ1n) is 7.38. The van der Waals surface area contributed by atoms with Crippen LogP contribution in [0.4, 0.5) is 0 Å². The van der Waals surface area contributed by atoms with Crippen molar-refractivity contribution >= 4 is 11.8 Å². The van der Waals surface area contributed by atoms with Gasteiger partial charge >= 0.3 is 0 Å². The molecule has 2 heterocycles. The number of amides is 2. The summed E-state index contributed by atoms with van der Waals surface area (Å²) in [5.41, 5.74) is -0.592. The molecule has 0 aromatic rings. The minimum absolute atomic E-state index is 0.00431. The van der Waals surface area contributed by atoms with Gasteiger partial charge in [-0.1, -0.05) is 0 Å². The van der Waals surface area contributed by atoms with Gasteiger partial charge in [0.2, 0.25) is 11.8 Å². The molecular weight excluding hydrogens is 254 g/mol. The van der Waals surface area contributed by atoms with Crippen molar-refractivity contribution in [2.45, 2.75) is 71.0 Å². The Morgan fingerprint density at radius 3 is 2.15 bits per heavy atom. The fourth-order valence-electron chi connectivity index (χ4n) is 3.72. The van der Waals surface area contributed by atoms with Gasteiger partial charge in [0.05, 0.1) is 5.41 Å². The van der Waals surface area contributed by atoms with Crippen LogP contribution in [0.1, 0.15) is 53.9 Å². The number of carbonyl (C=O) groups excluding carboxylic acids is 2. The van der Waals surface area contributed by atoms with Crippen molar-refractivity contribution in [2.24, 2.45) is 5.41 Å². The molecule has 2 aliphatic heterocycles. The molecule has 0 bridgehead atoms. The number of carbonyl (C=O) groups is 2. The summed E-state index contributed by atoms with van der Waals surface area (Å²) < 4.78 is 0. The van der Waals surface area contributed by atoms with Crippen molar-refractivity contribution in [1.29, 1.82) is 0 Å². The zero-order valence-electron chi connectivity index (χ0n) is 13.2. The first-order valence-corrected chi connectivity index (χ1v) is 7.38. The molecule has 3 N–H and O–H groups in total. The summed E-state index contributed by atoms with van der Waals surface area (Å²) in [6.07, 6.45) is 2.09. The minimum Gasteiger partial charge on any atom is -0.355 e. The molecule has 1 atom stereocenters. The standard InChI is InChI=1S/C15H27N3O2/c1-13(2)6-10(7-14(3,4)18-13)17-12(20)15(5)8-11(19)16-9-15/h10,18H,6-9H2,1-5H3,(H,16,19)(H,17,20). The van der Waals surface area contributed by atoms with Gasteiger partial charge in [-0.25, -0.2) is 0 Å². The third-order valence-corrected chi connectivity index (χ3v) is 4.30. The highest BCUT2D eigenvalue weighted by molar-refractivity contribution is 5.92. The molecule has 1 unspecified atom stereocenters. The van der Waals surface area contributed by atoms with E-state index in [0.29, 0.717) is 6.54 Å². The third kappa shape index (κ3) is 3.32. The van der Waals surface area contributed by atoms with E-state index in [-0.39, 0.29) is 35.4 Å². The van der Waals surface area contributed by atoms with Crippen molar-refractivity contribution in [3.8, 4) is 0 Å². The molecule has 0 radical (unpaired) electrons. The van der Waals surface area contributed by atoms with Gasteiger partial charge < -0.3 is 16.0 Å². The summed E-state index contributed by atoms with van der Waals surface area (Å²) in [7, 11) is 0. The van der Waals surface area contributed by atoms with Crippen LogP contribution in [0.3, 0.4) is 0 Å². The number of hydrogen-bond donors (Lipinski definition) is 3. The summed E-state index contributed by atoms with van der Waals surface area (Å²) in [6.45, 7) is 10.9. The van der Waals surface area contributed by atoms with Gasteiger partial charge in [-0.15, -0.1) is 0 Å². The lowest BCUT2D eigenvalue weighted by atomic mass is 9.79. The van der Waals surface area contributed by atoms with E-state index in [2.05, 4.69) is 43.6 Å². The van der Waals surface area contributed by atoms with Gasteiger partial charge in [0, 0.05) is 30.1 Å². The molecule has 20 heavy (non-hydrogen) atoms. The molecule has 2 rings (SSSR count). The van der Waals surface area contributed by atoms with E-state index in [4.69, 9.17) is 0 Å². The SMILES string of the molecule is CC1(C)CC(NC(=O)C2(C)CNC(=O)C2)CC(C)(C)N1. The lowest BCUT2D eigenvalue weighted by Crippen LogP contribution is -2.63. The van der Waals surface area contributed by atoms with Gasteiger partial charge in [0.25, 0.3) is 0 Å². The first-order chi connectivity index (χ1) is 9.01. The largest absolute Gasteiger partial charge is 0.355 e. The molecule has 2 fully saturated rings. The molecule has 0 spiro atoms. The minimum atomic E-state index is -0.601. The van der Waals surface area contributed by atoms with Crippen LogP contribution in [-0.4, -0.2) is 35.5 Å². The molecule has 5 nitrogen and oxygen atoms in total. The molecule has 0 aromatic carbocycles. The maximum absolute atomic E-state index is 12.5. The first kappa shape index (κ1) is 15.3. The molecule has 2 aliphatic rings. The van der Waals surface area contributed by atoms with Crippen molar-refractivity contribution in [2.75, 3.05) is 6.54 Å². The Kier molecular flexibility index (Phi) is 3.61. The van der Waals surface area contributed by atoms with Crippen LogP contribution in [0.5, 0.6) is 0 Å². The molecule has 2 saturated heterocycles. The topological polar surface area (TPSA) is 70.2 Å². The second-order valence-electron chi connectivity index (χ2n) is 7.99. The fourth-order valence-corrected chi connectivity index (χ4v) is 3.72. The maximum Gasteiger partial charge on any atom is 0.228 e. The van der Waals surface area contributed by atoms with E-state index >= 15 is 0 Å². The second-order valence-corrected chi connectivity index (χ2v) is 7.99. The van der Waals surface area contributed by atoms with Gasteiger partial charge in [-0.05, 0) is 47.5 Å². The molecule has 2 amide bonds. The van der Waals surface area contributed by atoms with Crippen molar-refractivity contribution < 1.29 is 9.59 Å². The zero-order valence-corrected chi connectivity index (χ0v) is 13.2. The van der Waals surface area contributed by atoms with E-state index < -0.39 is 5.41 Å². The van der Waals surface area contributed by atoms with E-state index in [0.717, 1.165) is 12.8 Å². The Labute approximate surface area is 121 Å². The average Bonchev–Trinajstić information content (AvgIpc) is 2.55. The highest BCUT2D eigenvalue weighted by Crippen LogP contribution is 2.31. The summed E-state index contributed by atoms with van der Waals surface area (Å²) in [6, 6.07) is 0.154. The Morgan fingerprint density at radius 1 is 1.15 bits per heavy atom. The smallest absolute Gasteiger partial charge is 0.228 e. The third-order valence-electron chi connectivity index (χ3n) is 4.30. The van der Waals surface area contributed by atoms with E-state index in [1.807, 2.05) is 6.92 Å². The van der Waals surface area contributed by atoms with Crippen LogP contribution in [0.2, 0.25) is 0 Å². The number of hydrogen-bond acceptors (Lipinski definition) is 3. The number of piperidine rings is 1. The zero-order chi connectivity index (χ0) is 15.2. The van der Waals surface area contributed by atoms with Crippen LogP contribution >= 0.6 is 0 Å². The lowest BCUT2D eigenvalue weighted by Gasteiger charge is -2.47. The maximum atomic E-state index is 12.5. The van der Waals surface area contributed by atoms with Crippen LogP contribution in [0, 0.1) is 5.41 Å². The summed E-state index contributed by atoms with van der Waals surface area (Å²) in [5, 5.41) is 9.51. The molecule has 0 saturated carbocycles. The number of nitrogens with one attached hydrogen (secondary N) is 3. The van der Waals surface area contributed by atoms with Crippen LogP contribution in [-0.2, 0) is 9.59 Å². The average molecular weight is 281 g/mol. The molecule has 114 valence electrons. The molecule has 5 heteroatoms. The predicted octanol–water partition coefficient (Wildman–Crippen LogP) is 0.938. The van der Waals surface area contributed by atoms with E-state index in [1.165, 1.54) is 0 Å². The summed E-state index contributed by atoms with van der Waals surface area (Å²) in [5.74, 6) is -0.0389. The quantitative estimate of drug-likeness (QED) is 0.705. The van der Waals surface area contributed by atoms with Gasteiger partial charge in [0.1, 0.15) is 0 Å². The van der Waals surface area contributed by atoms with Gasteiger partial charge in [0.15, 0.2) is 0 Å². The Hall–Kier alpha value is -1.10. The highest BCUT2D eigenvalue weighted by Gasteiger charge is 2.44. The second kappa shape index (κ2) is 4.72. The van der Waals surface area contributed by atoms with E-state index in [9.17, 15) is 9.59 Å². The predicted molar refractivity (Wildman–Crippen MR) is 78.2 cm³/mol. The Balaban J connectivity index is 2.02. The molecule has 0 aliphatic carbocycles. The van der Waals surface area contributed by atoms with Gasteiger partial charge in [-0.3, -0.25) is 9.59 Å². The number of rotatable bonds is 2. The summed E-state index contributed by atoms with van der Waals surface area (Å²) in [4.78, 5) is 23.8. The van der Waals surface area contributed by atoms with Crippen LogP contribution < -0.4 is 16.0 Å². The molecular formula is C15H27N3O2. The monoisotopic (exact) mass is 281 g/mol. The van der Waals surface area contributed by atoms with Crippen LogP contribution in [0.15, 0.2) is 0 Å². The van der Waals surface area contributed by atoms with Gasteiger partial charge in [-0.2, -0.15) is 0 Å². The van der Waals surface area contributed by atoms with Crippen LogP contribution in [0.25, 0.3) is 0 Å². The molecule has 0 aromatic heterocycles. The lowest BCUT2D eigenvalue weighted by molar-refractivity contribution is -0.132. The van der Waals surface area contributed by atoms with Crippen molar-refractivity contribution in [3.05, 3.63) is 0 Å². The summed E-state index contributed by atoms with van der Waals surface area (Å²) >= 11 is 0. The Bertz CT molecular complexity index is 415.